The molecule has 0 spiro atoms. The first-order valence-corrected chi connectivity index (χ1v) is 7.38. The van der Waals surface area contributed by atoms with Crippen molar-refractivity contribution in [2.24, 2.45) is 0 Å². The molecule has 0 fully saturated rings. The van der Waals surface area contributed by atoms with Crippen LogP contribution >= 0.6 is 0 Å². The first-order valence-electron chi connectivity index (χ1n) is 7.38. The minimum atomic E-state index is -0.629. The molecule has 0 aliphatic heterocycles. The Morgan fingerprint density at radius 1 is 0.957 bits per heavy atom. The van der Waals surface area contributed by atoms with Crippen molar-refractivity contribution < 1.29 is 9.21 Å². The molecule has 0 atom stereocenters. The fourth-order valence-corrected chi connectivity index (χ4v) is 2.64. The molecule has 0 saturated heterocycles. The summed E-state index contributed by atoms with van der Waals surface area (Å²) in [6, 6.07) is 12.9. The standard InChI is InChI=1S/C19H17NO3/c1-11-6-4-7-12(2)16(11)20-18(21)15-10-14-9-5-8-13(3)17(14)23-19(15)22/h4-10H,1-3H3,(H,20,21). The highest BCUT2D eigenvalue weighted by Crippen LogP contribution is 2.21. The zero-order valence-electron chi connectivity index (χ0n) is 13.3. The summed E-state index contributed by atoms with van der Waals surface area (Å²) in [5.41, 5.74) is 3.36. The van der Waals surface area contributed by atoms with Gasteiger partial charge in [0.05, 0.1) is 0 Å². The van der Waals surface area contributed by atoms with Crippen LogP contribution in [0.5, 0.6) is 0 Å². The van der Waals surface area contributed by atoms with Crippen LogP contribution in [0.15, 0.2) is 51.7 Å². The van der Waals surface area contributed by atoms with Gasteiger partial charge in [-0.3, -0.25) is 4.79 Å². The van der Waals surface area contributed by atoms with Crippen LogP contribution in [-0.2, 0) is 0 Å². The molecule has 1 N–H and O–H groups in total. The van der Waals surface area contributed by atoms with Gasteiger partial charge in [0, 0.05) is 11.1 Å². The van der Waals surface area contributed by atoms with Crippen molar-refractivity contribution in [3.63, 3.8) is 0 Å². The van der Waals surface area contributed by atoms with Gasteiger partial charge < -0.3 is 9.73 Å². The molecule has 2 aromatic carbocycles. The summed E-state index contributed by atoms with van der Waals surface area (Å²) >= 11 is 0. The molecular weight excluding hydrogens is 290 g/mol. The molecule has 4 heteroatoms. The molecule has 0 aliphatic carbocycles. The van der Waals surface area contributed by atoms with E-state index < -0.39 is 11.5 Å². The van der Waals surface area contributed by atoms with Gasteiger partial charge in [-0.25, -0.2) is 4.79 Å². The largest absolute Gasteiger partial charge is 0.422 e. The lowest BCUT2D eigenvalue weighted by atomic mass is 10.1. The Hall–Kier alpha value is -2.88. The molecule has 1 heterocycles. The third kappa shape index (κ3) is 2.75. The van der Waals surface area contributed by atoms with Gasteiger partial charge in [0.2, 0.25) is 0 Å². The molecule has 1 amide bonds. The van der Waals surface area contributed by atoms with Crippen molar-refractivity contribution in [3.05, 3.63) is 75.1 Å². The number of aryl methyl sites for hydroxylation is 3. The summed E-state index contributed by atoms with van der Waals surface area (Å²) in [5.74, 6) is -0.459. The van der Waals surface area contributed by atoms with Crippen molar-refractivity contribution >= 4 is 22.6 Å². The van der Waals surface area contributed by atoms with Gasteiger partial charge in [-0.05, 0) is 43.5 Å². The molecule has 3 aromatic rings. The monoisotopic (exact) mass is 307 g/mol. The maximum atomic E-state index is 12.5. The van der Waals surface area contributed by atoms with Crippen LogP contribution in [0.4, 0.5) is 5.69 Å². The summed E-state index contributed by atoms with van der Waals surface area (Å²) < 4.78 is 5.33. The van der Waals surface area contributed by atoms with Gasteiger partial charge in [-0.15, -0.1) is 0 Å². The molecular formula is C19H17NO3. The van der Waals surface area contributed by atoms with Crippen LogP contribution in [0.25, 0.3) is 11.0 Å². The molecule has 0 saturated carbocycles. The number of hydrogen-bond donors (Lipinski definition) is 1. The van der Waals surface area contributed by atoms with Gasteiger partial charge in [0.1, 0.15) is 11.1 Å². The zero-order chi connectivity index (χ0) is 16.6. The Balaban J connectivity index is 2.05. The van der Waals surface area contributed by atoms with E-state index in [-0.39, 0.29) is 5.56 Å². The third-order valence-corrected chi connectivity index (χ3v) is 3.92. The number of anilines is 1. The van der Waals surface area contributed by atoms with Gasteiger partial charge in [-0.1, -0.05) is 36.4 Å². The molecule has 0 unspecified atom stereocenters. The van der Waals surface area contributed by atoms with E-state index in [2.05, 4.69) is 5.32 Å². The van der Waals surface area contributed by atoms with E-state index in [1.165, 1.54) is 0 Å². The fourth-order valence-electron chi connectivity index (χ4n) is 2.64. The Labute approximate surface area is 133 Å². The van der Waals surface area contributed by atoms with E-state index in [4.69, 9.17) is 4.42 Å². The second kappa shape index (κ2) is 5.72. The second-order valence-electron chi connectivity index (χ2n) is 5.66. The van der Waals surface area contributed by atoms with Gasteiger partial charge in [0.15, 0.2) is 0 Å². The number of nitrogens with one attached hydrogen (secondary N) is 1. The van der Waals surface area contributed by atoms with Crippen LogP contribution in [0.3, 0.4) is 0 Å². The van der Waals surface area contributed by atoms with Gasteiger partial charge in [0.25, 0.3) is 5.91 Å². The molecule has 4 nitrogen and oxygen atoms in total. The second-order valence-corrected chi connectivity index (χ2v) is 5.66. The summed E-state index contributed by atoms with van der Waals surface area (Å²) in [5, 5.41) is 3.55. The summed E-state index contributed by atoms with van der Waals surface area (Å²) in [4.78, 5) is 24.7. The van der Waals surface area contributed by atoms with Crippen LogP contribution in [0.1, 0.15) is 27.0 Å². The smallest absolute Gasteiger partial charge is 0.349 e. The third-order valence-electron chi connectivity index (χ3n) is 3.92. The molecule has 0 radical (unpaired) electrons. The van der Waals surface area contributed by atoms with E-state index in [9.17, 15) is 9.59 Å². The van der Waals surface area contributed by atoms with E-state index in [0.717, 1.165) is 27.8 Å². The van der Waals surface area contributed by atoms with E-state index in [1.807, 2.05) is 57.2 Å². The zero-order valence-corrected chi connectivity index (χ0v) is 13.3. The van der Waals surface area contributed by atoms with Crippen molar-refractivity contribution in [2.75, 3.05) is 5.32 Å². The first kappa shape index (κ1) is 15.0. The normalized spacial score (nSPS) is 10.7. The van der Waals surface area contributed by atoms with Crippen molar-refractivity contribution in [1.29, 1.82) is 0 Å². The van der Waals surface area contributed by atoms with Gasteiger partial charge >= 0.3 is 5.63 Å². The van der Waals surface area contributed by atoms with Crippen LogP contribution in [0.2, 0.25) is 0 Å². The van der Waals surface area contributed by atoms with E-state index in [1.54, 1.807) is 6.07 Å². The highest BCUT2D eigenvalue weighted by Gasteiger charge is 2.16. The number of rotatable bonds is 2. The molecule has 3 rings (SSSR count). The predicted octanol–water partition coefficient (Wildman–Crippen LogP) is 3.97. The van der Waals surface area contributed by atoms with Crippen LogP contribution < -0.4 is 10.9 Å². The van der Waals surface area contributed by atoms with Crippen molar-refractivity contribution in [2.45, 2.75) is 20.8 Å². The lowest BCUT2D eigenvalue weighted by Gasteiger charge is -2.11. The minimum absolute atomic E-state index is 0.00533. The highest BCUT2D eigenvalue weighted by molar-refractivity contribution is 6.06. The molecule has 1 aromatic heterocycles. The first-order chi connectivity index (χ1) is 11.0. The van der Waals surface area contributed by atoms with Gasteiger partial charge in [-0.2, -0.15) is 0 Å². The maximum absolute atomic E-state index is 12.5. The number of amides is 1. The van der Waals surface area contributed by atoms with Crippen LogP contribution in [-0.4, -0.2) is 5.91 Å². The Bertz CT molecular complexity index is 950. The minimum Gasteiger partial charge on any atom is -0.422 e. The predicted molar refractivity (Wildman–Crippen MR) is 91.1 cm³/mol. The SMILES string of the molecule is Cc1cccc(C)c1NC(=O)c1cc2cccc(C)c2oc1=O. The highest BCUT2D eigenvalue weighted by atomic mass is 16.4. The Morgan fingerprint density at radius 2 is 1.57 bits per heavy atom. The van der Waals surface area contributed by atoms with E-state index >= 15 is 0 Å². The maximum Gasteiger partial charge on any atom is 0.349 e. The quantitative estimate of drug-likeness (QED) is 0.729. The lowest BCUT2D eigenvalue weighted by Crippen LogP contribution is -2.21. The molecule has 116 valence electrons. The number of para-hydroxylation sites is 2. The lowest BCUT2D eigenvalue weighted by molar-refractivity contribution is 0.102. The number of fused-ring (bicyclic) bond motifs is 1. The summed E-state index contributed by atoms with van der Waals surface area (Å²) in [7, 11) is 0. The van der Waals surface area contributed by atoms with E-state index in [0.29, 0.717) is 5.58 Å². The fraction of sp³-hybridized carbons (Fsp3) is 0.158. The molecule has 0 bridgehead atoms. The summed E-state index contributed by atoms with van der Waals surface area (Å²) in [6.07, 6.45) is 0. The van der Waals surface area contributed by atoms with Crippen LogP contribution in [0, 0.1) is 20.8 Å². The average Bonchev–Trinajstić information content (AvgIpc) is 2.51. The Morgan fingerprint density at radius 3 is 2.26 bits per heavy atom. The van der Waals surface area contributed by atoms with Crippen molar-refractivity contribution in [3.8, 4) is 0 Å². The average molecular weight is 307 g/mol. The molecule has 23 heavy (non-hydrogen) atoms. The number of carbonyl (C=O) groups excluding carboxylic acids is 1. The summed E-state index contributed by atoms with van der Waals surface area (Å²) in [6.45, 7) is 5.69. The van der Waals surface area contributed by atoms with Crippen molar-refractivity contribution in [1.82, 2.24) is 0 Å². The number of hydrogen-bond acceptors (Lipinski definition) is 3. The number of carbonyl (C=O) groups is 1. The topological polar surface area (TPSA) is 59.3 Å². The number of benzene rings is 2. The molecule has 0 aliphatic rings. The Kier molecular flexibility index (Phi) is 3.74.